The summed E-state index contributed by atoms with van der Waals surface area (Å²) < 4.78 is 5.23. The third kappa shape index (κ3) is 5.61. The van der Waals surface area contributed by atoms with Crippen LogP contribution in [-0.4, -0.2) is 76.3 Å². The lowest BCUT2D eigenvalue weighted by Crippen LogP contribution is -2.59. The van der Waals surface area contributed by atoms with Gasteiger partial charge in [-0.1, -0.05) is 29.8 Å². The Morgan fingerprint density at radius 3 is 2.53 bits per heavy atom. The number of hydrogen-bond donors (Lipinski definition) is 1. The molecule has 0 bridgehead atoms. The van der Waals surface area contributed by atoms with Crippen LogP contribution in [0.25, 0.3) is 0 Å². The quantitative estimate of drug-likeness (QED) is 0.211. The molecule has 6 rings (SSSR count). The van der Waals surface area contributed by atoms with Gasteiger partial charge in [0.2, 0.25) is 5.95 Å². The predicted octanol–water partition coefficient (Wildman–Crippen LogP) is 5.90. The molecule has 0 radical (unpaired) electrons. The van der Waals surface area contributed by atoms with Crippen molar-refractivity contribution in [2.75, 3.05) is 32.6 Å². The molecule has 3 aromatic rings. The molecule has 1 saturated carbocycles. The van der Waals surface area contributed by atoms with Crippen LogP contribution in [0.5, 0.6) is 5.75 Å². The van der Waals surface area contributed by atoms with Crippen molar-refractivity contribution >= 4 is 29.6 Å². The van der Waals surface area contributed by atoms with Gasteiger partial charge < -0.3 is 14.7 Å². The zero-order valence-corrected chi connectivity index (χ0v) is 25.8. The van der Waals surface area contributed by atoms with Crippen LogP contribution in [0.3, 0.4) is 0 Å². The normalized spacial score (nSPS) is 23.1. The number of aryl methyl sites for hydroxylation is 1. The number of amides is 1. The lowest BCUT2D eigenvalue weighted by atomic mass is 9.85. The van der Waals surface area contributed by atoms with Crippen molar-refractivity contribution in [3.63, 3.8) is 0 Å². The number of nitrogens with zero attached hydrogens (tertiary/aromatic N) is 5. The van der Waals surface area contributed by atoms with E-state index < -0.39 is 6.16 Å². The first-order chi connectivity index (χ1) is 20.6. The molecule has 9 nitrogen and oxygen atoms in total. The summed E-state index contributed by atoms with van der Waals surface area (Å²) in [6, 6.07) is 13.2. The summed E-state index contributed by atoms with van der Waals surface area (Å²) in [5.74, 6) is 1.05. The Bertz CT molecular complexity index is 1540. The maximum absolute atomic E-state index is 14.6. The van der Waals surface area contributed by atoms with Crippen molar-refractivity contribution < 1.29 is 23.9 Å². The largest absolute Gasteiger partial charge is 0.511 e. The first-order valence-electron chi connectivity index (χ1n) is 15.1. The number of aromatic nitrogens is 2. The van der Waals surface area contributed by atoms with Crippen LogP contribution < -0.4 is 9.64 Å². The average Bonchev–Trinajstić information content (AvgIpc) is 3.43. The standard InChI is InChI=1S/C33H38ClN5O4/c1-37(2)32-35-19-22-20-38(17-16-29(22)36-32)23-10-12-24(13-11-23)39(3,31(40)26-6-4-5-7-28(26)34)30-15-9-21-8-14-25(18-27(21)30)43-33(41)42/h4-8,14,18-19,23-24,30H,9-13,15-17,20H2,1-3H3/p+1/t23?,24?,30-,39?/m1/s1. The number of carbonyl (C=O) groups excluding carboxylic acids is 1. The van der Waals surface area contributed by atoms with Gasteiger partial charge in [-0.3, -0.25) is 4.90 Å². The molecule has 1 aromatic heterocycles. The number of halogens is 1. The summed E-state index contributed by atoms with van der Waals surface area (Å²) in [5, 5.41) is 9.68. The zero-order chi connectivity index (χ0) is 30.3. The topological polar surface area (TPSA) is 95.9 Å². The van der Waals surface area contributed by atoms with Crippen LogP contribution in [0, 0.1) is 0 Å². The Morgan fingerprint density at radius 2 is 1.81 bits per heavy atom. The molecule has 1 unspecified atom stereocenters. The summed E-state index contributed by atoms with van der Waals surface area (Å²) in [5.41, 5.74) is 5.01. The van der Waals surface area contributed by atoms with Gasteiger partial charge in [-0.15, -0.1) is 0 Å². The van der Waals surface area contributed by atoms with E-state index in [0.717, 1.165) is 80.8 Å². The van der Waals surface area contributed by atoms with E-state index in [0.29, 0.717) is 16.6 Å². The minimum Gasteiger partial charge on any atom is -0.449 e. The predicted molar refractivity (Wildman–Crippen MR) is 165 cm³/mol. The number of ether oxygens (including phenoxy) is 1. The maximum Gasteiger partial charge on any atom is 0.511 e. The van der Waals surface area contributed by atoms with Crippen LogP contribution in [0.2, 0.25) is 5.02 Å². The Hall–Kier alpha value is -3.53. The maximum atomic E-state index is 14.6. The van der Waals surface area contributed by atoms with Crippen molar-refractivity contribution in [1.29, 1.82) is 0 Å². The molecule has 2 aromatic carbocycles. The molecule has 1 amide bonds. The van der Waals surface area contributed by atoms with Gasteiger partial charge in [0.25, 0.3) is 0 Å². The van der Waals surface area contributed by atoms with Crippen LogP contribution in [-0.2, 0) is 19.4 Å². The fraction of sp³-hybridized carbons (Fsp3) is 0.455. The molecule has 226 valence electrons. The van der Waals surface area contributed by atoms with E-state index in [1.807, 2.05) is 55.5 Å². The highest BCUT2D eigenvalue weighted by atomic mass is 35.5. The Morgan fingerprint density at radius 1 is 1.05 bits per heavy atom. The number of rotatable bonds is 6. The minimum absolute atomic E-state index is 0.0113. The van der Waals surface area contributed by atoms with Crippen molar-refractivity contribution in [2.45, 2.75) is 69.6 Å². The van der Waals surface area contributed by atoms with Gasteiger partial charge in [-0.2, -0.15) is 0 Å². The molecule has 2 atom stereocenters. The van der Waals surface area contributed by atoms with E-state index in [1.54, 1.807) is 12.1 Å². The minimum atomic E-state index is -1.35. The van der Waals surface area contributed by atoms with Crippen LogP contribution in [0.4, 0.5) is 10.7 Å². The number of anilines is 1. The first kappa shape index (κ1) is 29.5. The molecule has 1 fully saturated rings. The van der Waals surface area contributed by atoms with Gasteiger partial charge in [0.1, 0.15) is 11.8 Å². The fourth-order valence-corrected chi connectivity index (χ4v) is 7.77. The van der Waals surface area contributed by atoms with E-state index in [4.69, 9.17) is 21.3 Å². The number of carbonyl (C=O) groups is 2. The number of hydrogen-bond acceptors (Lipinski definition) is 7. The molecule has 10 heteroatoms. The fourth-order valence-electron chi connectivity index (χ4n) is 7.55. The molecule has 3 aliphatic rings. The number of fused-ring (bicyclic) bond motifs is 2. The van der Waals surface area contributed by atoms with Crippen molar-refractivity contribution in [1.82, 2.24) is 14.9 Å². The third-order valence-electron chi connectivity index (χ3n) is 9.85. The van der Waals surface area contributed by atoms with Gasteiger partial charge in [0, 0.05) is 76.2 Å². The van der Waals surface area contributed by atoms with E-state index in [-0.39, 0.29) is 28.2 Å². The van der Waals surface area contributed by atoms with Gasteiger partial charge in [-0.25, -0.2) is 24.0 Å². The summed E-state index contributed by atoms with van der Waals surface area (Å²) in [7, 11) is 5.99. The van der Waals surface area contributed by atoms with Crippen molar-refractivity contribution in [2.24, 2.45) is 0 Å². The zero-order valence-electron chi connectivity index (χ0n) is 25.0. The molecular formula is C33H39ClN5O4+. The van der Waals surface area contributed by atoms with Crippen molar-refractivity contribution in [3.05, 3.63) is 81.6 Å². The van der Waals surface area contributed by atoms with Crippen molar-refractivity contribution in [3.8, 4) is 5.75 Å². The van der Waals surface area contributed by atoms with Gasteiger partial charge in [0.15, 0.2) is 0 Å². The van der Waals surface area contributed by atoms with E-state index in [2.05, 4.69) is 16.9 Å². The Kier molecular flexibility index (Phi) is 8.15. The third-order valence-corrected chi connectivity index (χ3v) is 10.2. The summed E-state index contributed by atoms with van der Waals surface area (Å²) in [6.07, 6.45) is 7.00. The SMILES string of the molecule is CN(C)c1ncc2c(n1)CCN(C1CCC([N+](C)(C(=O)c3ccccc3Cl)[C@@H]3CCc4ccc(OC(=O)O)cc43)CC1)C2. The summed E-state index contributed by atoms with van der Waals surface area (Å²) in [4.78, 5) is 39.7. The van der Waals surface area contributed by atoms with Gasteiger partial charge in [-0.05, 0) is 49.1 Å². The number of carboxylic acid groups (broad SMARTS) is 1. The smallest absolute Gasteiger partial charge is 0.449 e. The number of benzene rings is 2. The number of quaternary nitrogens is 1. The molecular weight excluding hydrogens is 566 g/mol. The Labute approximate surface area is 257 Å². The van der Waals surface area contributed by atoms with Gasteiger partial charge in [0.05, 0.1) is 29.4 Å². The molecule has 1 aliphatic heterocycles. The lowest BCUT2D eigenvalue weighted by molar-refractivity contribution is -0.887. The van der Waals surface area contributed by atoms with Crippen LogP contribution in [0.1, 0.15) is 70.9 Å². The molecule has 43 heavy (non-hydrogen) atoms. The average molecular weight is 605 g/mol. The van der Waals surface area contributed by atoms with E-state index >= 15 is 0 Å². The van der Waals surface area contributed by atoms with E-state index in [9.17, 15) is 14.7 Å². The van der Waals surface area contributed by atoms with E-state index in [1.165, 1.54) is 5.56 Å². The van der Waals surface area contributed by atoms with Crippen LogP contribution in [0.15, 0.2) is 48.7 Å². The van der Waals surface area contributed by atoms with Crippen LogP contribution >= 0.6 is 11.6 Å². The Balaban J connectivity index is 1.26. The molecule has 1 N–H and O–H groups in total. The highest BCUT2D eigenvalue weighted by Gasteiger charge is 2.51. The van der Waals surface area contributed by atoms with Gasteiger partial charge >= 0.3 is 12.1 Å². The second-order valence-electron chi connectivity index (χ2n) is 12.4. The highest BCUT2D eigenvalue weighted by Crippen LogP contribution is 2.47. The molecule has 0 saturated heterocycles. The summed E-state index contributed by atoms with van der Waals surface area (Å²) in [6.45, 7) is 1.82. The second kappa shape index (κ2) is 11.9. The highest BCUT2D eigenvalue weighted by molar-refractivity contribution is 6.33. The molecule has 0 spiro atoms. The second-order valence-corrected chi connectivity index (χ2v) is 12.8. The monoisotopic (exact) mass is 604 g/mol. The summed E-state index contributed by atoms with van der Waals surface area (Å²) >= 11 is 6.61. The lowest BCUT2D eigenvalue weighted by Gasteiger charge is -2.48. The molecule has 2 heterocycles. The first-order valence-corrected chi connectivity index (χ1v) is 15.5. The molecule has 2 aliphatic carbocycles.